The Labute approximate surface area is 160 Å². The number of nitrogens with two attached hydrogens (primary N) is 1. The van der Waals surface area contributed by atoms with E-state index in [0.717, 1.165) is 12.8 Å². The van der Waals surface area contributed by atoms with E-state index in [0.29, 0.717) is 30.9 Å². The molecule has 1 aromatic carbocycles. The van der Waals surface area contributed by atoms with Gasteiger partial charge in [-0.3, -0.25) is 9.59 Å². The number of hydrogen-bond donors (Lipinski definition) is 2. The van der Waals surface area contributed by atoms with Crippen molar-refractivity contribution in [3.63, 3.8) is 0 Å². The Morgan fingerprint density at radius 1 is 1.35 bits per heavy atom. The summed E-state index contributed by atoms with van der Waals surface area (Å²) in [5.74, 6) is 0.168. The summed E-state index contributed by atoms with van der Waals surface area (Å²) < 4.78 is 10.9. The number of halogens is 1. The van der Waals surface area contributed by atoms with Crippen LogP contribution >= 0.6 is 12.4 Å². The van der Waals surface area contributed by atoms with Gasteiger partial charge in [-0.1, -0.05) is 19.1 Å². The van der Waals surface area contributed by atoms with Crippen molar-refractivity contribution < 1.29 is 19.1 Å². The van der Waals surface area contributed by atoms with Crippen LogP contribution in [0.2, 0.25) is 0 Å². The van der Waals surface area contributed by atoms with E-state index in [2.05, 4.69) is 5.32 Å². The van der Waals surface area contributed by atoms with Crippen molar-refractivity contribution in [1.29, 1.82) is 0 Å². The highest BCUT2D eigenvalue weighted by Crippen LogP contribution is 2.23. The molecule has 146 valence electrons. The Hall–Kier alpha value is -1.83. The van der Waals surface area contributed by atoms with Gasteiger partial charge in [-0.25, -0.2) is 0 Å². The number of ether oxygens (including phenoxy) is 2. The van der Waals surface area contributed by atoms with Crippen molar-refractivity contribution in [2.24, 2.45) is 5.73 Å². The largest absolute Gasteiger partial charge is 0.495 e. The molecule has 1 heterocycles. The Balaban J connectivity index is 0.00000338. The molecule has 0 spiro atoms. The average molecular weight is 386 g/mol. The summed E-state index contributed by atoms with van der Waals surface area (Å²) in [5, 5.41) is 2.80. The van der Waals surface area contributed by atoms with E-state index in [-0.39, 0.29) is 36.9 Å². The number of benzene rings is 1. The molecule has 1 aromatic rings. The molecule has 0 aliphatic carbocycles. The Morgan fingerprint density at radius 2 is 2.08 bits per heavy atom. The van der Waals surface area contributed by atoms with Crippen molar-refractivity contribution in [2.45, 2.75) is 38.4 Å². The van der Waals surface area contributed by atoms with Crippen LogP contribution in [0.15, 0.2) is 24.3 Å². The normalized spacial score (nSPS) is 18.7. The number of carbonyl (C=O) groups excluding carboxylic acids is 2. The molecule has 0 bridgehead atoms. The zero-order valence-electron chi connectivity index (χ0n) is 15.3. The number of nitrogens with one attached hydrogen (secondary N) is 1. The standard InChI is InChI=1S/C18H27N3O4.ClH/c1-3-10-21(18(23)16-9-8-13(11-19)25-16)12-17(22)20-14-6-4-5-7-15(14)24-2;/h4-7,13,16H,3,8-12,19H2,1-2H3,(H,20,22);1H/t13-,16+;/m1./s1. The van der Waals surface area contributed by atoms with E-state index in [1.54, 1.807) is 24.1 Å². The molecular weight excluding hydrogens is 358 g/mol. The van der Waals surface area contributed by atoms with Gasteiger partial charge in [0.2, 0.25) is 5.91 Å². The van der Waals surface area contributed by atoms with Crippen LogP contribution in [-0.4, -0.2) is 55.7 Å². The molecule has 1 aliphatic heterocycles. The molecule has 2 amide bonds. The SMILES string of the molecule is CCCN(CC(=O)Nc1ccccc1OC)C(=O)[C@@H]1CC[C@H](CN)O1.Cl. The van der Waals surface area contributed by atoms with Crippen LogP contribution < -0.4 is 15.8 Å². The van der Waals surface area contributed by atoms with Crippen LogP contribution in [0, 0.1) is 0 Å². The molecule has 0 radical (unpaired) electrons. The third kappa shape index (κ3) is 5.86. The third-order valence-corrected chi connectivity index (χ3v) is 4.17. The van der Waals surface area contributed by atoms with Crippen molar-refractivity contribution in [2.75, 3.05) is 32.1 Å². The van der Waals surface area contributed by atoms with Gasteiger partial charge in [0.1, 0.15) is 11.9 Å². The summed E-state index contributed by atoms with van der Waals surface area (Å²) in [5.41, 5.74) is 6.18. The molecule has 1 fully saturated rings. The van der Waals surface area contributed by atoms with Gasteiger partial charge in [0.15, 0.2) is 0 Å². The van der Waals surface area contributed by atoms with E-state index in [4.69, 9.17) is 15.2 Å². The maximum Gasteiger partial charge on any atom is 0.252 e. The highest BCUT2D eigenvalue weighted by Gasteiger charge is 2.33. The number of anilines is 1. The molecule has 0 saturated carbocycles. The lowest BCUT2D eigenvalue weighted by molar-refractivity contribution is -0.144. The fourth-order valence-electron chi connectivity index (χ4n) is 2.91. The van der Waals surface area contributed by atoms with Crippen LogP contribution in [0.5, 0.6) is 5.75 Å². The number of methoxy groups -OCH3 is 1. The van der Waals surface area contributed by atoms with Crippen molar-refractivity contribution in [1.82, 2.24) is 4.90 Å². The summed E-state index contributed by atoms with van der Waals surface area (Å²) in [7, 11) is 1.54. The summed E-state index contributed by atoms with van der Waals surface area (Å²) in [6.45, 7) is 2.87. The van der Waals surface area contributed by atoms with Crippen LogP contribution in [-0.2, 0) is 14.3 Å². The minimum Gasteiger partial charge on any atom is -0.495 e. The van der Waals surface area contributed by atoms with E-state index in [9.17, 15) is 9.59 Å². The highest BCUT2D eigenvalue weighted by molar-refractivity contribution is 5.96. The van der Waals surface area contributed by atoms with Gasteiger partial charge in [0.05, 0.1) is 25.4 Å². The number of carbonyl (C=O) groups is 2. The van der Waals surface area contributed by atoms with Gasteiger partial charge in [0, 0.05) is 13.1 Å². The topological polar surface area (TPSA) is 93.9 Å². The van der Waals surface area contributed by atoms with Gasteiger partial charge in [-0.05, 0) is 31.4 Å². The van der Waals surface area contributed by atoms with Gasteiger partial charge in [-0.2, -0.15) is 0 Å². The minimum absolute atomic E-state index is 0. The fraction of sp³-hybridized carbons (Fsp3) is 0.556. The summed E-state index contributed by atoms with van der Waals surface area (Å²) in [6, 6.07) is 7.16. The molecule has 3 N–H and O–H groups in total. The molecule has 2 atom stereocenters. The van der Waals surface area contributed by atoms with E-state index >= 15 is 0 Å². The first-order valence-corrected chi connectivity index (χ1v) is 8.66. The van der Waals surface area contributed by atoms with Gasteiger partial charge in [0.25, 0.3) is 5.91 Å². The van der Waals surface area contributed by atoms with E-state index < -0.39 is 6.10 Å². The second-order valence-electron chi connectivity index (χ2n) is 6.07. The van der Waals surface area contributed by atoms with Crippen LogP contribution in [0.25, 0.3) is 0 Å². The summed E-state index contributed by atoms with van der Waals surface area (Å²) in [6.07, 6.45) is 1.62. The average Bonchev–Trinajstić information content (AvgIpc) is 3.10. The lowest BCUT2D eigenvalue weighted by Crippen LogP contribution is -2.44. The molecule has 26 heavy (non-hydrogen) atoms. The first-order valence-electron chi connectivity index (χ1n) is 8.66. The highest BCUT2D eigenvalue weighted by atomic mass is 35.5. The van der Waals surface area contributed by atoms with Crippen molar-refractivity contribution in [3.8, 4) is 5.75 Å². The van der Waals surface area contributed by atoms with Gasteiger partial charge < -0.3 is 25.4 Å². The molecule has 0 unspecified atom stereocenters. The summed E-state index contributed by atoms with van der Waals surface area (Å²) in [4.78, 5) is 26.6. The maximum atomic E-state index is 12.7. The fourth-order valence-corrected chi connectivity index (χ4v) is 2.91. The molecule has 1 aliphatic rings. The number of rotatable bonds is 8. The van der Waals surface area contributed by atoms with E-state index in [1.807, 2.05) is 19.1 Å². The molecule has 7 nitrogen and oxygen atoms in total. The second kappa shape index (κ2) is 11.0. The molecular formula is C18H28ClN3O4. The maximum absolute atomic E-state index is 12.7. The zero-order chi connectivity index (χ0) is 18.2. The van der Waals surface area contributed by atoms with Crippen molar-refractivity contribution >= 4 is 29.9 Å². The molecule has 0 aromatic heterocycles. The van der Waals surface area contributed by atoms with Crippen LogP contribution in [0.4, 0.5) is 5.69 Å². The quantitative estimate of drug-likeness (QED) is 0.711. The Kier molecular flexibility index (Phi) is 9.40. The van der Waals surface area contributed by atoms with Gasteiger partial charge in [-0.15, -0.1) is 12.4 Å². The minimum atomic E-state index is -0.501. The first-order chi connectivity index (χ1) is 12.1. The number of amides is 2. The number of para-hydroxylation sites is 2. The Morgan fingerprint density at radius 3 is 2.69 bits per heavy atom. The third-order valence-electron chi connectivity index (χ3n) is 4.17. The van der Waals surface area contributed by atoms with E-state index in [1.165, 1.54) is 0 Å². The molecule has 8 heteroatoms. The number of hydrogen-bond acceptors (Lipinski definition) is 5. The van der Waals surface area contributed by atoms with Crippen LogP contribution in [0.1, 0.15) is 26.2 Å². The van der Waals surface area contributed by atoms with Crippen LogP contribution in [0.3, 0.4) is 0 Å². The molecule has 1 saturated heterocycles. The zero-order valence-corrected chi connectivity index (χ0v) is 16.1. The number of nitrogens with zero attached hydrogens (tertiary/aromatic N) is 1. The smallest absolute Gasteiger partial charge is 0.252 e. The van der Waals surface area contributed by atoms with Crippen molar-refractivity contribution in [3.05, 3.63) is 24.3 Å². The second-order valence-corrected chi connectivity index (χ2v) is 6.07. The Bertz CT molecular complexity index is 600. The predicted molar refractivity (Wildman–Crippen MR) is 103 cm³/mol. The molecule has 2 rings (SSSR count). The predicted octanol–water partition coefficient (Wildman–Crippen LogP) is 1.80. The lowest BCUT2D eigenvalue weighted by atomic mass is 10.1. The monoisotopic (exact) mass is 385 g/mol. The summed E-state index contributed by atoms with van der Waals surface area (Å²) >= 11 is 0. The lowest BCUT2D eigenvalue weighted by Gasteiger charge is -2.25. The first kappa shape index (κ1) is 22.2. The van der Waals surface area contributed by atoms with Gasteiger partial charge >= 0.3 is 0 Å².